The fourth-order valence-electron chi connectivity index (χ4n) is 3.70. The summed E-state index contributed by atoms with van der Waals surface area (Å²) in [7, 11) is 0. The van der Waals surface area contributed by atoms with E-state index in [1.165, 1.54) is 5.56 Å². The number of aromatic nitrogens is 1. The molecule has 5 heteroatoms. The highest BCUT2D eigenvalue weighted by Gasteiger charge is 2.24. The highest BCUT2D eigenvalue weighted by atomic mass is 16.5. The van der Waals surface area contributed by atoms with E-state index in [-0.39, 0.29) is 5.91 Å². The summed E-state index contributed by atoms with van der Waals surface area (Å²) in [6.45, 7) is 7.77. The van der Waals surface area contributed by atoms with Crippen molar-refractivity contribution in [1.82, 2.24) is 4.98 Å². The van der Waals surface area contributed by atoms with Gasteiger partial charge in [-0.15, -0.1) is 0 Å². The van der Waals surface area contributed by atoms with Gasteiger partial charge in [0.05, 0.1) is 11.1 Å². The molecular formula is C26H30N2O3. The summed E-state index contributed by atoms with van der Waals surface area (Å²) in [6, 6.07) is 15.2. The van der Waals surface area contributed by atoms with E-state index >= 15 is 0 Å². The van der Waals surface area contributed by atoms with Crippen LogP contribution >= 0.6 is 0 Å². The molecule has 0 radical (unpaired) electrons. The molecule has 0 aliphatic heterocycles. The van der Waals surface area contributed by atoms with E-state index in [9.17, 15) is 9.59 Å². The molecule has 1 heterocycles. The minimum atomic E-state index is -0.926. The summed E-state index contributed by atoms with van der Waals surface area (Å²) >= 11 is 0. The maximum atomic E-state index is 13.2. The zero-order valence-electron chi connectivity index (χ0n) is 18.7. The number of rotatable bonds is 8. The second kappa shape index (κ2) is 10.2. The van der Waals surface area contributed by atoms with Crippen LogP contribution in [-0.2, 0) is 28.8 Å². The van der Waals surface area contributed by atoms with Crippen LogP contribution in [0.2, 0.25) is 0 Å². The van der Waals surface area contributed by atoms with E-state index in [4.69, 9.17) is 9.72 Å². The lowest BCUT2D eigenvalue weighted by molar-refractivity contribution is -0.123. The van der Waals surface area contributed by atoms with Gasteiger partial charge in [-0.25, -0.2) is 4.79 Å². The lowest BCUT2D eigenvalue weighted by Crippen LogP contribution is -2.30. The number of carbonyl (C=O) groups is 2. The molecule has 31 heavy (non-hydrogen) atoms. The highest BCUT2D eigenvalue weighted by Crippen LogP contribution is 2.26. The van der Waals surface area contributed by atoms with Gasteiger partial charge in [-0.05, 0) is 55.5 Å². The summed E-state index contributed by atoms with van der Waals surface area (Å²) in [6.07, 6.45) is 2.40. The van der Waals surface area contributed by atoms with Crippen molar-refractivity contribution in [3.05, 3.63) is 70.9 Å². The molecule has 2 aromatic carbocycles. The number of anilines is 1. The number of amides is 1. The lowest BCUT2D eigenvalue weighted by atomic mass is 9.96. The molecule has 0 saturated heterocycles. The molecule has 0 aliphatic carbocycles. The molecule has 3 rings (SSSR count). The second-order valence-corrected chi connectivity index (χ2v) is 7.62. The molecule has 3 aromatic rings. The summed E-state index contributed by atoms with van der Waals surface area (Å²) in [5, 5.41) is 3.58. The molecule has 1 atom stereocenters. The molecule has 0 fully saturated rings. The van der Waals surface area contributed by atoms with Gasteiger partial charge in [0.15, 0.2) is 6.10 Å². The van der Waals surface area contributed by atoms with Crippen molar-refractivity contribution < 1.29 is 14.3 Å². The van der Waals surface area contributed by atoms with E-state index in [0.29, 0.717) is 17.7 Å². The highest BCUT2D eigenvalue weighted by molar-refractivity contribution is 6.06. The summed E-state index contributed by atoms with van der Waals surface area (Å²) < 4.78 is 5.62. The number of nitrogens with one attached hydrogen (secondary N) is 1. The fraction of sp³-hybridized carbons (Fsp3) is 0.346. The van der Waals surface area contributed by atoms with Gasteiger partial charge in [0.1, 0.15) is 0 Å². The van der Waals surface area contributed by atoms with Crippen LogP contribution in [0.4, 0.5) is 5.69 Å². The molecule has 1 aromatic heterocycles. The predicted octanol–water partition coefficient (Wildman–Crippen LogP) is 5.50. The van der Waals surface area contributed by atoms with E-state index in [0.717, 1.165) is 41.4 Å². The van der Waals surface area contributed by atoms with Gasteiger partial charge in [0.25, 0.3) is 5.91 Å². The van der Waals surface area contributed by atoms with Crippen molar-refractivity contribution in [3.8, 4) is 0 Å². The Kier molecular flexibility index (Phi) is 7.40. The first-order chi connectivity index (χ1) is 15.0. The van der Waals surface area contributed by atoms with Crippen molar-refractivity contribution >= 4 is 28.5 Å². The van der Waals surface area contributed by atoms with E-state index in [2.05, 4.69) is 19.2 Å². The third-order valence-corrected chi connectivity index (χ3v) is 5.41. The average Bonchev–Trinajstić information content (AvgIpc) is 2.78. The number of benzene rings is 2. The average molecular weight is 419 g/mol. The Morgan fingerprint density at radius 2 is 1.71 bits per heavy atom. The van der Waals surface area contributed by atoms with Crippen LogP contribution in [0.25, 0.3) is 10.9 Å². The van der Waals surface area contributed by atoms with Gasteiger partial charge in [0.2, 0.25) is 0 Å². The number of carbonyl (C=O) groups excluding carboxylic acids is 2. The topological polar surface area (TPSA) is 68.3 Å². The van der Waals surface area contributed by atoms with Crippen molar-refractivity contribution in [1.29, 1.82) is 0 Å². The molecule has 0 aliphatic rings. The van der Waals surface area contributed by atoms with Crippen molar-refractivity contribution in [2.75, 3.05) is 5.32 Å². The Morgan fingerprint density at radius 3 is 2.35 bits per heavy atom. The Hall–Kier alpha value is -3.21. The summed E-state index contributed by atoms with van der Waals surface area (Å²) in [4.78, 5) is 30.6. The van der Waals surface area contributed by atoms with Crippen LogP contribution in [0.15, 0.2) is 48.5 Å². The minimum Gasteiger partial charge on any atom is -0.449 e. The molecule has 0 spiro atoms. The number of hydrogen-bond donors (Lipinski definition) is 1. The van der Waals surface area contributed by atoms with Crippen molar-refractivity contribution in [3.63, 3.8) is 0 Å². The van der Waals surface area contributed by atoms with Gasteiger partial charge in [-0.2, -0.15) is 0 Å². The van der Waals surface area contributed by atoms with Crippen molar-refractivity contribution in [2.45, 2.75) is 59.5 Å². The first-order valence-electron chi connectivity index (χ1n) is 11.0. The minimum absolute atomic E-state index is 0.359. The Morgan fingerprint density at radius 1 is 1.00 bits per heavy atom. The summed E-state index contributed by atoms with van der Waals surface area (Å²) in [5.74, 6) is -0.848. The van der Waals surface area contributed by atoms with Gasteiger partial charge in [-0.1, -0.05) is 57.5 Å². The van der Waals surface area contributed by atoms with Gasteiger partial charge in [0, 0.05) is 16.8 Å². The Labute approximate surface area is 183 Å². The zero-order chi connectivity index (χ0) is 22.4. The molecule has 1 amide bonds. The molecular weight excluding hydrogens is 388 g/mol. The Balaban J connectivity index is 1.85. The normalized spacial score (nSPS) is 11.9. The number of pyridine rings is 1. The SMILES string of the molecule is CCCc1nc2ccccc2c(C(=O)OC(C)C(=O)Nc2ccc(CC)cc2)c1CC. The third-order valence-electron chi connectivity index (χ3n) is 5.41. The first-order valence-corrected chi connectivity index (χ1v) is 11.0. The fourth-order valence-corrected chi connectivity index (χ4v) is 3.70. The number of aryl methyl sites for hydroxylation is 2. The second-order valence-electron chi connectivity index (χ2n) is 7.62. The van der Waals surface area contributed by atoms with Crippen molar-refractivity contribution in [2.24, 2.45) is 0 Å². The molecule has 0 saturated carbocycles. The molecule has 0 bridgehead atoms. The monoisotopic (exact) mass is 418 g/mol. The quantitative estimate of drug-likeness (QED) is 0.491. The predicted molar refractivity (Wildman–Crippen MR) is 124 cm³/mol. The van der Waals surface area contributed by atoms with Crippen LogP contribution < -0.4 is 5.32 Å². The maximum absolute atomic E-state index is 13.2. The summed E-state index contributed by atoms with van der Waals surface area (Å²) in [5.41, 5.74) is 4.97. The largest absolute Gasteiger partial charge is 0.449 e. The smallest absolute Gasteiger partial charge is 0.339 e. The number of nitrogens with zero attached hydrogens (tertiary/aromatic N) is 1. The van der Waals surface area contributed by atoms with Crippen LogP contribution in [0.5, 0.6) is 0 Å². The van der Waals surface area contributed by atoms with Gasteiger partial charge < -0.3 is 10.1 Å². The van der Waals surface area contributed by atoms with E-state index < -0.39 is 12.1 Å². The van der Waals surface area contributed by atoms with Crippen LogP contribution in [-0.4, -0.2) is 23.0 Å². The van der Waals surface area contributed by atoms with Gasteiger partial charge >= 0.3 is 5.97 Å². The Bertz CT molecular complexity index is 1070. The van der Waals surface area contributed by atoms with Gasteiger partial charge in [-0.3, -0.25) is 9.78 Å². The standard InChI is InChI=1S/C26H30N2O3/c1-5-10-22-20(7-3)24(21-11-8-9-12-23(21)28-22)26(30)31-17(4)25(29)27-19-15-13-18(6-2)14-16-19/h8-9,11-17H,5-7,10H2,1-4H3,(H,27,29). The van der Waals surface area contributed by atoms with Crippen LogP contribution in [0.3, 0.4) is 0 Å². The molecule has 1 N–H and O–H groups in total. The maximum Gasteiger partial charge on any atom is 0.339 e. The van der Waals surface area contributed by atoms with Crippen LogP contribution in [0.1, 0.15) is 61.3 Å². The molecule has 1 unspecified atom stereocenters. The third kappa shape index (κ3) is 5.10. The van der Waals surface area contributed by atoms with E-state index in [1.807, 2.05) is 55.5 Å². The van der Waals surface area contributed by atoms with Crippen LogP contribution in [0, 0.1) is 0 Å². The number of ether oxygens (including phenoxy) is 1. The zero-order valence-corrected chi connectivity index (χ0v) is 18.7. The first kappa shape index (κ1) is 22.5. The lowest BCUT2D eigenvalue weighted by Gasteiger charge is -2.18. The number of hydrogen-bond acceptors (Lipinski definition) is 4. The number of para-hydroxylation sites is 1. The number of esters is 1. The van der Waals surface area contributed by atoms with E-state index in [1.54, 1.807) is 6.92 Å². The molecule has 5 nitrogen and oxygen atoms in total. The number of fused-ring (bicyclic) bond motifs is 1. The molecule has 162 valence electrons.